The highest BCUT2D eigenvalue weighted by Gasteiger charge is 2.21. The summed E-state index contributed by atoms with van der Waals surface area (Å²) in [4.78, 5) is 11.6. The number of carbonyl (C=O) groups excluding carboxylic acids is 1. The summed E-state index contributed by atoms with van der Waals surface area (Å²) in [7, 11) is -3.62. The van der Waals surface area contributed by atoms with Gasteiger partial charge in [-0.3, -0.25) is 9.89 Å². The maximum Gasteiger partial charge on any atom is 0.240 e. The molecular formula is C16H20N4O3S. The van der Waals surface area contributed by atoms with Crippen LogP contribution in [-0.4, -0.2) is 30.6 Å². The number of hydrogen-bond donors (Lipinski definition) is 3. The normalized spacial score (nSPS) is 15.7. The van der Waals surface area contributed by atoms with Crippen LogP contribution in [0.1, 0.15) is 30.3 Å². The standard InChI is InChI=1S/C16H20N4O3S/c1-10-7-13(19-18-10)8-11(2)20-24(22,23)14-4-5-15-12(9-14)3-6-16(21)17-15/h4-5,7,9,11,20H,3,6,8H2,1-2H3,(H,17,21)(H,18,19). The van der Waals surface area contributed by atoms with Crippen molar-refractivity contribution in [3.8, 4) is 0 Å². The molecule has 3 N–H and O–H groups in total. The van der Waals surface area contributed by atoms with Gasteiger partial charge in [0, 0.05) is 30.3 Å². The smallest absolute Gasteiger partial charge is 0.240 e. The fourth-order valence-corrected chi connectivity index (χ4v) is 4.09. The maximum atomic E-state index is 12.6. The minimum absolute atomic E-state index is 0.0425. The highest BCUT2D eigenvalue weighted by molar-refractivity contribution is 7.89. The second kappa shape index (κ2) is 6.37. The lowest BCUT2D eigenvalue weighted by Crippen LogP contribution is -2.34. The molecule has 0 spiro atoms. The summed E-state index contributed by atoms with van der Waals surface area (Å²) in [5.41, 5.74) is 3.28. The first kappa shape index (κ1) is 16.7. The molecule has 7 nitrogen and oxygen atoms in total. The van der Waals surface area contributed by atoms with Gasteiger partial charge in [-0.15, -0.1) is 0 Å². The first-order chi connectivity index (χ1) is 11.3. The van der Waals surface area contributed by atoms with Gasteiger partial charge < -0.3 is 5.32 Å². The zero-order chi connectivity index (χ0) is 17.3. The second-order valence-electron chi connectivity index (χ2n) is 6.14. The van der Waals surface area contributed by atoms with Crippen molar-refractivity contribution in [1.82, 2.24) is 14.9 Å². The van der Waals surface area contributed by atoms with Gasteiger partial charge in [0.05, 0.1) is 10.6 Å². The monoisotopic (exact) mass is 348 g/mol. The largest absolute Gasteiger partial charge is 0.326 e. The van der Waals surface area contributed by atoms with Gasteiger partial charge in [-0.1, -0.05) is 0 Å². The van der Waals surface area contributed by atoms with Crippen molar-refractivity contribution in [3.63, 3.8) is 0 Å². The first-order valence-electron chi connectivity index (χ1n) is 7.79. The van der Waals surface area contributed by atoms with Crippen molar-refractivity contribution in [2.75, 3.05) is 5.32 Å². The predicted molar refractivity (Wildman–Crippen MR) is 90.2 cm³/mol. The number of rotatable bonds is 5. The fraction of sp³-hybridized carbons (Fsp3) is 0.375. The number of nitrogens with zero attached hydrogens (tertiary/aromatic N) is 1. The Balaban J connectivity index is 1.74. The average Bonchev–Trinajstić information content (AvgIpc) is 2.90. The van der Waals surface area contributed by atoms with Crippen LogP contribution < -0.4 is 10.0 Å². The van der Waals surface area contributed by atoms with Crippen LogP contribution in [-0.2, 0) is 27.7 Å². The molecular weight excluding hydrogens is 328 g/mol. The molecule has 24 heavy (non-hydrogen) atoms. The Kier molecular flexibility index (Phi) is 4.42. The molecule has 8 heteroatoms. The van der Waals surface area contributed by atoms with E-state index in [-0.39, 0.29) is 16.8 Å². The number of anilines is 1. The quantitative estimate of drug-likeness (QED) is 0.762. The molecule has 2 heterocycles. The van der Waals surface area contributed by atoms with Crippen LogP contribution in [0.4, 0.5) is 5.69 Å². The van der Waals surface area contributed by atoms with E-state index in [2.05, 4.69) is 20.2 Å². The molecule has 1 aromatic heterocycles. The van der Waals surface area contributed by atoms with Crippen LogP contribution >= 0.6 is 0 Å². The molecule has 0 fully saturated rings. The Morgan fingerprint density at radius 3 is 2.79 bits per heavy atom. The summed E-state index contributed by atoms with van der Waals surface area (Å²) in [5, 5.41) is 9.72. The molecule has 0 saturated carbocycles. The third-order valence-electron chi connectivity index (χ3n) is 3.91. The number of hydrogen-bond acceptors (Lipinski definition) is 4. The van der Waals surface area contributed by atoms with E-state index in [1.807, 2.05) is 13.0 Å². The van der Waals surface area contributed by atoms with Gasteiger partial charge in [-0.25, -0.2) is 13.1 Å². The Morgan fingerprint density at radius 1 is 1.29 bits per heavy atom. The topological polar surface area (TPSA) is 104 Å². The molecule has 1 aromatic carbocycles. The van der Waals surface area contributed by atoms with Gasteiger partial charge in [0.25, 0.3) is 0 Å². The second-order valence-corrected chi connectivity index (χ2v) is 7.85. The number of fused-ring (bicyclic) bond motifs is 1. The van der Waals surface area contributed by atoms with Crippen molar-refractivity contribution in [3.05, 3.63) is 41.2 Å². The SMILES string of the molecule is Cc1cc(CC(C)NS(=O)(=O)c2ccc3c(c2)CCC(=O)N3)n[nH]1. The van der Waals surface area contributed by atoms with Gasteiger partial charge in [0.2, 0.25) is 15.9 Å². The van der Waals surface area contributed by atoms with E-state index in [0.29, 0.717) is 24.9 Å². The summed E-state index contributed by atoms with van der Waals surface area (Å²) < 4.78 is 27.8. The van der Waals surface area contributed by atoms with Crippen LogP contribution in [0.5, 0.6) is 0 Å². The maximum absolute atomic E-state index is 12.6. The van der Waals surface area contributed by atoms with Crippen molar-refractivity contribution in [2.45, 2.75) is 44.0 Å². The van der Waals surface area contributed by atoms with Crippen LogP contribution in [0.25, 0.3) is 0 Å². The lowest BCUT2D eigenvalue weighted by Gasteiger charge is -2.18. The summed E-state index contributed by atoms with van der Waals surface area (Å²) in [6.45, 7) is 3.71. The highest BCUT2D eigenvalue weighted by Crippen LogP contribution is 2.25. The van der Waals surface area contributed by atoms with Crippen LogP contribution in [0, 0.1) is 6.92 Å². The molecule has 2 aromatic rings. The first-order valence-corrected chi connectivity index (χ1v) is 9.28. The summed E-state index contributed by atoms with van der Waals surface area (Å²) in [5.74, 6) is -0.0425. The Bertz CT molecular complexity index is 873. The van der Waals surface area contributed by atoms with E-state index >= 15 is 0 Å². The molecule has 0 radical (unpaired) electrons. The van der Waals surface area contributed by atoms with Crippen molar-refractivity contribution < 1.29 is 13.2 Å². The van der Waals surface area contributed by atoms with Gasteiger partial charge in [0.15, 0.2) is 0 Å². The van der Waals surface area contributed by atoms with Gasteiger partial charge in [0.1, 0.15) is 0 Å². The average molecular weight is 348 g/mol. The zero-order valence-corrected chi connectivity index (χ0v) is 14.4. The molecule has 1 atom stereocenters. The molecule has 0 aliphatic carbocycles. The zero-order valence-electron chi connectivity index (χ0n) is 13.6. The molecule has 1 amide bonds. The number of benzene rings is 1. The third-order valence-corrected chi connectivity index (χ3v) is 5.50. The number of amides is 1. The van der Waals surface area contributed by atoms with E-state index in [9.17, 15) is 13.2 Å². The van der Waals surface area contributed by atoms with Gasteiger partial charge >= 0.3 is 0 Å². The minimum atomic E-state index is -3.62. The van der Waals surface area contributed by atoms with Crippen molar-refractivity contribution in [1.29, 1.82) is 0 Å². The highest BCUT2D eigenvalue weighted by atomic mass is 32.2. The lowest BCUT2D eigenvalue weighted by atomic mass is 10.0. The molecule has 128 valence electrons. The molecule has 0 saturated heterocycles. The molecule has 1 aliphatic heterocycles. The fourth-order valence-electron chi connectivity index (χ4n) is 2.79. The van der Waals surface area contributed by atoms with E-state index < -0.39 is 10.0 Å². The minimum Gasteiger partial charge on any atom is -0.326 e. The number of carbonyl (C=O) groups is 1. The molecule has 0 bridgehead atoms. The van der Waals surface area contributed by atoms with Crippen LogP contribution in [0.15, 0.2) is 29.2 Å². The van der Waals surface area contributed by atoms with Gasteiger partial charge in [-0.2, -0.15) is 5.10 Å². The summed E-state index contributed by atoms with van der Waals surface area (Å²) in [6.07, 6.45) is 1.43. The number of sulfonamides is 1. The van der Waals surface area contributed by atoms with E-state index in [0.717, 1.165) is 17.0 Å². The van der Waals surface area contributed by atoms with Crippen molar-refractivity contribution >= 4 is 21.6 Å². The Morgan fingerprint density at radius 2 is 2.08 bits per heavy atom. The lowest BCUT2D eigenvalue weighted by molar-refractivity contribution is -0.116. The summed E-state index contributed by atoms with van der Waals surface area (Å²) >= 11 is 0. The van der Waals surface area contributed by atoms with Crippen molar-refractivity contribution in [2.24, 2.45) is 0 Å². The predicted octanol–water partition coefficient (Wildman–Crippen LogP) is 1.51. The summed E-state index contributed by atoms with van der Waals surface area (Å²) in [6, 6.07) is 6.39. The molecule has 3 rings (SSSR count). The van der Waals surface area contributed by atoms with E-state index in [4.69, 9.17) is 0 Å². The number of aromatic amines is 1. The Hall–Kier alpha value is -2.19. The Labute approximate surface area is 140 Å². The molecule has 1 unspecified atom stereocenters. The van der Waals surface area contributed by atoms with E-state index in [1.165, 1.54) is 6.07 Å². The third kappa shape index (κ3) is 3.65. The molecule has 1 aliphatic rings. The van der Waals surface area contributed by atoms with Gasteiger partial charge in [-0.05, 0) is 50.1 Å². The number of aryl methyl sites for hydroxylation is 2. The van der Waals surface area contributed by atoms with E-state index in [1.54, 1.807) is 19.1 Å². The van der Waals surface area contributed by atoms with Crippen LogP contribution in [0.3, 0.4) is 0 Å². The number of aromatic nitrogens is 2. The van der Waals surface area contributed by atoms with Crippen LogP contribution in [0.2, 0.25) is 0 Å². The number of nitrogens with one attached hydrogen (secondary N) is 3. The number of H-pyrrole nitrogens is 1.